The molecule has 0 aromatic heterocycles. The molecule has 0 spiro atoms. The van der Waals surface area contributed by atoms with Gasteiger partial charge in [0.05, 0.1) is 21.3 Å². The van der Waals surface area contributed by atoms with Crippen molar-refractivity contribution in [2.24, 2.45) is 0 Å². The monoisotopic (exact) mass is 400 g/mol. The van der Waals surface area contributed by atoms with E-state index in [1.54, 1.807) is 36.1 Å². The van der Waals surface area contributed by atoms with E-state index < -0.39 is 22.9 Å². The summed E-state index contributed by atoms with van der Waals surface area (Å²) in [6.07, 6.45) is 0.613. The van der Waals surface area contributed by atoms with Crippen molar-refractivity contribution in [3.05, 3.63) is 60.2 Å². The number of esters is 1. The Kier molecular flexibility index (Phi) is 6.46. The van der Waals surface area contributed by atoms with Crippen LogP contribution in [0.15, 0.2) is 59.5 Å². The molecule has 2 atom stereocenters. The number of carbonyl (C=O) groups excluding carboxylic acids is 2. The molecule has 1 amide bonds. The lowest BCUT2D eigenvalue weighted by Gasteiger charge is -2.37. The fraction of sp³-hybridized carbons (Fsp3) is 0.333. The molecule has 1 saturated heterocycles. The van der Waals surface area contributed by atoms with Gasteiger partial charge in [-0.25, -0.2) is 4.79 Å². The summed E-state index contributed by atoms with van der Waals surface area (Å²) in [4.78, 5) is 29.5. The molecule has 3 rings (SSSR count). The number of ether oxygens (including phenoxy) is 1. The van der Waals surface area contributed by atoms with Crippen molar-refractivity contribution in [2.75, 3.05) is 37.3 Å². The molecule has 0 saturated carbocycles. The summed E-state index contributed by atoms with van der Waals surface area (Å²) in [6, 6.07) is 16.7. The van der Waals surface area contributed by atoms with Crippen LogP contribution < -0.4 is 4.90 Å². The van der Waals surface area contributed by atoms with Gasteiger partial charge < -0.3 is 14.5 Å². The van der Waals surface area contributed by atoms with E-state index >= 15 is 0 Å². The zero-order chi connectivity index (χ0) is 20.1. The minimum atomic E-state index is -1.31. The fourth-order valence-corrected chi connectivity index (χ4v) is 3.97. The quantitative estimate of drug-likeness (QED) is 0.721. The van der Waals surface area contributed by atoms with Crippen molar-refractivity contribution >= 4 is 28.4 Å². The Hall–Kier alpha value is -2.67. The van der Waals surface area contributed by atoms with Crippen molar-refractivity contribution in [3.8, 4) is 0 Å². The van der Waals surface area contributed by atoms with Gasteiger partial charge in [-0.15, -0.1) is 0 Å². The molecule has 1 heterocycles. The Bertz CT molecular complexity index is 864. The molecular weight excluding hydrogens is 376 g/mol. The van der Waals surface area contributed by atoms with Crippen LogP contribution in [-0.2, 0) is 20.3 Å². The van der Waals surface area contributed by atoms with Gasteiger partial charge in [0.2, 0.25) is 0 Å². The summed E-state index contributed by atoms with van der Waals surface area (Å²) in [6.45, 7) is 4.19. The highest BCUT2D eigenvalue weighted by Gasteiger charge is 2.28. The van der Waals surface area contributed by atoms with Gasteiger partial charge in [0.1, 0.15) is 0 Å². The van der Waals surface area contributed by atoms with E-state index in [4.69, 9.17) is 4.74 Å². The van der Waals surface area contributed by atoms with E-state index in [2.05, 4.69) is 17.0 Å². The molecular formula is C21H24N2O4S. The molecule has 2 aromatic carbocycles. The number of carbonyl (C=O) groups is 2. The van der Waals surface area contributed by atoms with Crippen LogP contribution in [0, 0.1) is 0 Å². The first-order valence-electron chi connectivity index (χ1n) is 9.19. The average Bonchev–Trinajstić information content (AvgIpc) is 2.73. The number of rotatable bonds is 5. The van der Waals surface area contributed by atoms with Crippen LogP contribution >= 0.6 is 0 Å². The van der Waals surface area contributed by atoms with Crippen molar-refractivity contribution in [3.63, 3.8) is 0 Å². The number of benzene rings is 2. The van der Waals surface area contributed by atoms with E-state index in [1.807, 2.05) is 18.2 Å². The van der Waals surface area contributed by atoms with Gasteiger partial charge in [0.25, 0.3) is 5.91 Å². The van der Waals surface area contributed by atoms with Gasteiger partial charge in [-0.3, -0.25) is 9.00 Å². The summed E-state index contributed by atoms with van der Waals surface area (Å²) < 4.78 is 17.2. The third-order valence-corrected chi connectivity index (χ3v) is 5.74. The van der Waals surface area contributed by atoms with Gasteiger partial charge >= 0.3 is 5.97 Å². The lowest BCUT2D eigenvalue weighted by atomic mass is 10.2. The Morgan fingerprint density at radius 2 is 1.57 bits per heavy atom. The molecule has 0 bridgehead atoms. The van der Waals surface area contributed by atoms with Crippen LogP contribution in [0.3, 0.4) is 0 Å². The lowest BCUT2D eigenvalue weighted by molar-refractivity contribution is -0.140. The summed E-state index contributed by atoms with van der Waals surface area (Å²) in [5, 5.41) is 0. The molecule has 1 aliphatic rings. The Balaban J connectivity index is 1.58. The second-order valence-electron chi connectivity index (χ2n) is 6.65. The molecule has 7 heteroatoms. The predicted octanol–water partition coefficient (Wildman–Crippen LogP) is 2.32. The highest BCUT2D eigenvalue weighted by atomic mass is 32.2. The summed E-state index contributed by atoms with van der Waals surface area (Å²) in [5.41, 5.74) is 1.37. The summed E-state index contributed by atoms with van der Waals surface area (Å²) in [5.74, 6) is -0.842. The zero-order valence-corrected chi connectivity index (χ0v) is 16.9. The number of nitrogens with zero attached hydrogens (tertiary/aromatic N) is 2. The second-order valence-corrected chi connectivity index (χ2v) is 7.99. The third-order valence-electron chi connectivity index (χ3n) is 4.76. The minimum Gasteiger partial charge on any atom is -0.449 e. The van der Waals surface area contributed by atoms with Crippen LogP contribution in [0.25, 0.3) is 0 Å². The molecule has 1 aliphatic heterocycles. The Morgan fingerprint density at radius 1 is 0.964 bits per heavy atom. The van der Waals surface area contributed by atoms with Crippen LogP contribution in [0.1, 0.15) is 17.3 Å². The van der Waals surface area contributed by atoms with Crippen LogP contribution in [-0.4, -0.2) is 59.5 Å². The predicted molar refractivity (Wildman–Crippen MR) is 109 cm³/mol. The molecule has 0 N–H and O–H groups in total. The van der Waals surface area contributed by atoms with Gasteiger partial charge in [-0.05, 0) is 31.2 Å². The smallest absolute Gasteiger partial charge is 0.340 e. The molecule has 28 heavy (non-hydrogen) atoms. The molecule has 2 aromatic rings. The highest BCUT2D eigenvalue weighted by molar-refractivity contribution is 7.84. The number of anilines is 1. The molecule has 148 valence electrons. The van der Waals surface area contributed by atoms with Crippen molar-refractivity contribution < 1.29 is 18.5 Å². The van der Waals surface area contributed by atoms with Gasteiger partial charge in [0.15, 0.2) is 6.10 Å². The molecule has 0 radical (unpaired) electrons. The molecule has 0 aliphatic carbocycles. The largest absolute Gasteiger partial charge is 0.449 e. The molecule has 1 fully saturated rings. The first kappa shape index (κ1) is 20.1. The number of hydrogen-bond donors (Lipinski definition) is 0. The maximum absolute atomic E-state index is 12.7. The van der Waals surface area contributed by atoms with Crippen LogP contribution in [0.2, 0.25) is 0 Å². The maximum Gasteiger partial charge on any atom is 0.340 e. The van der Waals surface area contributed by atoms with Crippen molar-refractivity contribution in [1.82, 2.24) is 4.90 Å². The second kappa shape index (κ2) is 9.01. The number of para-hydroxylation sites is 1. The summed E-state index contributed by atoms with van der Waals surface area (Å²) >= 11 is 0. The fourth-order valence-electron chi connectivity index (χ4n) is 3.24. The lowest BCUT2D eigenvalue weighted by Crippen LogP contribution is -2.51. The Labute approximate surface area is 167 Å². The number of piperazine rings is 1. The van der Waals surface area contributed by atoms with Gasteiger partial charge in [0, 0.05) is 38.1 Å². The average molecular weight is 401 g/mol. The number of hydrogen-bond acceptors (Lipinski definition) is 5. The van der Waals surface area contributed by atoms with E-state index in [0.29, 0.717) is 18.0 Å². The first-order chi connectivity index (χ1) is 13.5. The third kappa shape index (κ3) is 4.59. The maximum atomic E-state index is 12.7. The van der Waals surface area contributed by atoms with Crippen molar-refractivity contribution in [1.29, 1.82) is 0 Å². The van der Waals surface area contributed by atoms with E-state index in [9.17, 15) is 13.8 Å². The zero-order valence-electron chi connectivity index (χ0n) is 16.0. The first-order valence-corrected chi connectivity index (χ1v) is 10.8. The van der Waals surface area contributed by atoms with Gasteiger partial charge in [-0.1, -0.05) is 30.3 Å². The van der Waals surface area contributed by atoms with Crippen LogP contribution in [0.5, 0.6) is 0 Å². The molecule has 0 unspecified atom stereocenters. The Morgan fingerprint density at radius 3 is 2.21 bits per heavy atom. The molecule has 6 nitrogen and oxygen atoms in total. The van der Waals surface area contributed by atoms with E-state index in [0.717, 1.165) is 18.8 Å². The van der Waals surface area contributed by atoms with E-state index in [1.165, 1.54) is 6.26 Å². The topological polar surface area (TPSA) is 66.9 Å². The van der Waals surface area contributed by atoms with E-state index in [-0.39, 0.29) is 11.5 Å². The SMILES string of the molecule is C[C@H](OC(=O)c1ccccc1[S@@](C)=O)C(=O)N1CCN(c2ccccc2)CC1. The standard InChI is InChI=1S/C21H24N2O4S/c1-16(27-21(25)18-10-6-7-11-19(18)28(2)26)20(24)23-14-12-22(13-15-23)17-8-4-3-5-9-17/h3-11,16H,12-15H2,1-2H3/t16-,28+/m0/s1. The minimum absolute atomic E-state index is 0.212. The normalized spacial score (nSPS) is 16.4. The van der Waals surface area contributed by atoms with Crippen molar-refractivity contribution in [2.45, 2.75) is 17.9 Å². The number of amides is 1. The van der Waals surface area contributed by atoms with Gasteiger partial charge in [-0.2, -0.15) is 0 Å². The highest BCUT2D eigenvalue weighted by Crippen LogP contribution is 2.18. The van der Waals surface area contributed by atoms with Crippen LogP contribution in [0.4, 0.5) is 5.69 Å². The summed E-state index contributed by atoms with van der Waals surface area (Å²) in [7, 11) is -1.31.